The lowest BCUT2D eigenvalue weighted by Crippen LogP contribution is -2.28. The van der Waals surface area contributed by atoms with E-state index >= 15 is 0 Å². The van der Waals surface area contributed by atoms with Crippen molar-refractivity contribution < 1.29 is 4.57 Å². The van der Waals surface area contributed by atoms with E-state index in [4.69, 9.17) is 0 Å². The average Bonchev–Trinajstić information content (AvgIpc) is 3.03. The molecule has 0 N–H and O–H groups in total. The van der Waals surface area contributed by atoms with Crippen molar-refractivity contribution in [1.82, 2.24) is 4.40 Å². The molecule has 0 unspecified atom stereocenters. The fourth-order valence-electron chi connectivity index (χ4n) is 4.55. The van der Waals surface area contributed by atoms with E-state index in [0.717, 1.165) is 13.0 Å². The topological polar surface area (TPSA) is 8.29 Å². The minimum absolute atomic E-state index is 1.03. The zero-order valence-corrected chi connectivity index (χ0v) is 12.0. The molecular weight excluding hydrogens is 256 g/mol. The molecule has 6 rings (SSSR count). The first-order valence-corrected chi connectivity index (χ1v) is 7.72. The Morgan fingerprint density at radius 3 is 2.90 bits per heavy atom. The first-order chi connectivity index (χ1) is 10.3. The van der Waals surface area contributed by atoms with Crippen LogP contribution in [0.2, 0.25) is 0 Å². The third-order valence-electron chi connectivity index (χ3n) is 5.40. The van der Waals surface area contributed by atoms with Gasteiger partial charge in [0.25, 0.3) is 5.65 Å². The SMILES string of the molecule is Cc1ccc2c3c1c1cccc4c1c1n3c(c[n+]1C4)CC2. The predicted octanol–water partition coefficient (Wildman–Crippen LogP) is 3.30. The zero-order chi connectivity index (χ0) is 13.7. The minimum Gasteiger partial charge on any atom is -0.225 e. The largest absolute Gasteiger partial charge is 0.295 e. The Kier molecular flexibility index (Phi) is 1.54. The lowest BCUT2D eigenvalue weighted by Gasteiger charge is -2.14. The van der Waals surface area contributed by atoms with Crippen LogP contribution in [0.25, 0.3) is 27.3 Å². The van der Waals surface area contributed by atoms with Crippen molar-refractivity contribution in [3.05, 3.63) is 58.9 Å². The molecule has 0 amide bonds. The number of hydrogen-bond donors (Lipinski definition) is 0. The third-order valence-corrected chi connectivity index (χ3v) is 5.40. The maximum absolute atomic E-state index is 2.54. The molecular formula is C19H15N2+. The highest BCUT2D eigenvalue weighted by molar-refractivity contribution is 6.14. The van der Waals surface area contributed by atoms with E-state index in [1.807, 2.05) is 0 Å². The second-order valence-corrected chi connectivity index (χ2v) is 6.51. The van der Waals surface area contributed by atoms with E-state index in [1.54, 1.807) is 0 Å². The van der Waals surface area contributed by atoms with Crippen LogP contribution in [0.5, 0.6) is 0 Å². The van der Waals surface area contributed by atoms with Crippen LogP contribution in [0, 0.1) is 6.92 Å². The summed E-state index contributed by atoms with van der Waals surface area (Å²) in [4.78, 5) is 0. The molecule has 21 heavy (non-hydrogen) atoms. The summed E-state index contributed by atoms with van der Waals surface area (Å²) in [6, 6.07) is 11.4. The quantitative estimate of drug-likeness (QED) is 0.302. The predicted molar refractivity (Wildman–Crippen MR) is 83.9 cm³/mol. The normalized spacial score (nSPS) is 15.3. The van der Waals surface area contributed by atoms with Crippen LogP contribution in [-0.2, 0) is 19.4 Å². The standard InChI is InChI=1S/C19H15N2/c1-11-5-6-12-7-8-14-10-20-9-13-3-2-4-15-16(11)18(12)21(14)19(20)17(13)15/h2-6,10H,7-9H2,1H3/q+1. The number of rotatable bonds is 0. The third kappa shape index (κ3) is 1.00. The van der Waals surface area contributed by atoms with Crippen molar-refractivity contribution >= 4 is 27.3 Å². The van der Waals surface area contributed by atoms with Gasteiger partial charge in [0.05, 0.1) is 5.39 Å². The van der Waals surface area contributed by atoms with Gasteiger partial charge in [0, 0.05) is 28.3 Å². The van der Waals surface area contributed by atoms with Crippen molar-refractivity contribution in [3.63, 3.8) is 0 Å². The van der Waals surface area contributed by atoms with Gasteiger partial charge in [0.2, 0.25) is 0 Å². The highest BCUT2D eigenvalue weighted by Gasteiger charge is 2.33. The van der Waals surface area contributed by atoms with Gasteiger partial charge in [-0.15, -0.1) is 0 Å². The van der Waals surface area contributed by atoms with Gasteiger partial charge in [0.1, 0.15) is 24.0 Å². The Labute approximate surface area is 122 Å². The summed E-state index contributed by atoms with van der Waals surface area (Å²) in [7, 11) is 0. The fraction of sp³-hybridized carbons (Fsp3) is 0.211. The van der Waals surface area contributed by atoms with Gasteiger partial charge >= 0.3 is 0 Å². The van der Waals surface area contributed by atoms with Gasteiger partial charge in [-0.05, 0) is 18.9 Å². The minimum atomic E-state index is 1.03. The van der Waals surface area contributed by atoms with Gasteiger partial charge in [-0.1, -0.05) is 30.3 Å². The van der Waals surface area contributed by atoms with Gasteiger partial charge in [-0.2, -0.15) is 4.40 Å². The molecule has 0 saturated heterocycles. The average molecular weight is 271 g/mol. The highest BCUT2D eigenvalue weighted by atomic mass is 15.1. The van der Waals surface area contributed by atoms with Gasteiger partial charge < -0.3 is 0 Å². The maximum Gasteiger partial charge on any atom is 0.295 e. The molecule has 100 valence electrons. The lowest BCUT2D eigenvalue weighted by atomic mass is 9.93. The molecule has 0 spiro atoms. The number of aromatic nitrogens is 2. The molecule has 2 heteroatoms. The van der Waals surface area contributed by atoms with E-state index in [9.17, 15) is 0 Å². The molecule has 2 aromatic heterocycles. The number of fused-ring (bicyclic) bond motifs is 1. The molecule has 2 aliphatic heterocycles. The van der Waals surface area contributed by atoms with Crippen molar-refractivity contribution in [2.45, 2.75) is 26.3 Å². The van der Waals surface area contributed by atoms with E-state index in [0.29, 0.717) is 0 Å². The molecule has 0 fully saturated rings. The molecule has 0 saturated carbocycles. The zero-order valence-electron chi connectivity index (χ0n) is 12.0. The molecule has 4 heterocycles. The number of aryl methyl sites for hydroxylation is 3. The van der Waals surface area contributed by atoms with Crippen LogP contribution in [0.4, 0.5) is 0 Å². The van der Waals surface area contributed by atoms with Gasteiger partial charge in [0.15, 0.2) is 0 Å². The first-order valence-electron chi connectivity index (χ1n) is 7.72. The number of imidazole rings is 1. The molecule has 0 bridgehead atoms. The first kappa shape index (κ1) is 10.4. The molecule has 0 radical (unpaired) electrons. The van der Waals surface area contributed by atoms with Crippen LogP contribution in [0.15, 0.2) is 36.5 Å². The van der Waals surface area contributed by atoms with Crippen LogP contribution in [0.1, 0.15) is 22.4 Å². The molecule has 0 aliphatic carbocycles. The maximum atomic E-state index is 2.54. The summed E-state index contributed by atoms with van der Waals surface area (Å²) in [5.41, 5.74) is 8.72. The van der Waals surface area contributed by atoms with Crippen molar-refractivity contribution in [3.8, 4) is 0 Å². The summed E-state index contributed by atoms with van der Waals surface area (Å²) in [6.45, 7) is 3.28. The van der Waals surface area contributed by atoms with E-state index < -0.39 is 0 Å². The van der Waals surface area contributed by atoms with E-state index in [-0.39, 0.29) is 0 Å². The molecule has 2 nitrogen and oxygen atoms in total. The summed E-state index contributed by atoms with van der Waals surface area (Å²) in [6.07, 6.45) is 4.70. The van der Waals surface area contributed by atoms with Crippen molar-refractivity contribution in [2.24, 2.45) is 0 Å². The Hall–Kier alpha value is -2.35. The summed E-state index contributed by atoms with van der Waals surface area (Å²) < 4.78 is 4.99. The molecule has 2 aromatic carbocycles. The second-order valence-electron chi connectivity index (χ2n) is 6.51. The Bertz CT molecular complexity index is 1120. The van der Waals surface area contributed by atoms with Crippen molar-refractivity contribution in [1.29, 1.82) is 0 Å². The molecule has 4 aromatic rings. The fourth-order valence-corrected chi connectivity index (χ4v) is 4.55. The Balaban J connectivity index is 2.13. The molecule has 2 aliphatic rings. The summed E-state index contributed by atoms with van der Waals surface area (Å²) in [5.74, 6) is 0. The highest BCUT2D eigenvalue weighted by Crippen LogP contribution is 2.39. The van der Waals surface area contributed by atoms with E-state index in [2.05, 4.69) is 52.4 Å². The second kappa shape index (κ2) is 3.11. The van der Waals surface area contributed by atoms with Crippen LogP contribution >= 0.6 is 0 Å². The van der Waals surface area contributed by atoms with Crippen LogP contribution in [0.3, 0.4) is 0 Å². The Morgan fingerprint density at radius 1 is 1.00 bits per heavy atom. The number of hydrogen-bond acceptors (Lipinski definition) is 0. The van der Waals surface area contributed by atoms with E-state index in [1.165, 1.54) is 56.1 Å². The van der Waals surface area contributed by atoms with Gasteiger partial charge in [-0.3, -0.25) is 0 Å². The monoisotopic (exact) mass is 271 g/mol. The van der Waals surface area contributed by atoms with Crippen LogP contribution in [-0.4, -0.2) is 4.40 Å². The Morgan fingerprint density at radius 2 is 1.95 bits per heavy atom. The molecule has 0 atom stereocenters. The number of benzene rings is 2. The number of pyridine rings is 1. The smallest absolute Gasteiger partial charge is 0.225 e. The number of nitrogens with zero attached hydrogens (tertiary/aromatic N) is 2. The van der Waals surface area contributed by atoms with Crippen molar-refractivity contribution in [2.75, 3.05) is 0 Å². The van der Waals surface area contributed by atoms with Gasteiger partial charge in [-0.25, -0.2) is 4.57 Å². The van der Waals surface area contributed by atoms with Crippen LogP contribution < -0.4 is 4.57 Å². The summed E-state index contributed by atoms with van der Waals surface area (Å²) in [5, 5.41) is 4.37. The lowest BCUT2D eigenvalue weighted by molar-refractivity contribution is -0.657. The summed E-state index contributed by atoms with van der Waals surface area (Å²) >= 11 is 0.